The lowest BCUT2D eigenvalue weighted by Gasteiger charge is -2.29. The molecule has 0 bridgehead atoms. The van der Waals surface area contributed by atoms with Crippen LogP contribution in [0.3, 0.4) is 0 Å². The number of carbonyl (C=O) groups is 1. The molecule has 1 fully saturated rings. The van der Waals surface area contributed by atoms with Gasteiger partial charge in [0.25, 0.3) is 15.9 Å². The molecule has 4 rings (SSSR count). The summed E-state index contributed by atoms with van der Waals surface area (Å²) in [6.45, 7) is 2.16. The molecule has 0 aliphatic carbocycles. The number of nitrogens with zero attached hydrogens (tertiary/aromatic N) is 3. The second-order valence-electron chi connectivity index (χ2n) is 6.54. The minimum Gasteiger partial charge on any atom is -0.369 e. The number of halogens is 1. The van der Waals surface area contributed by atoms with Crippen molar-refractivity contribution < 1.29 is 13.2 Å². The Hall–Kier alpha value is -1.97. The van der Waals surface area contributed by atoms with Crippen LogP contribution in [0.25, 0.3) is 0 Å². The quantitative estimate of drug-likeness (QED) is 0.780. The highest BCUT2D eigenvalue weighted by Gasteiger charge is 2.30. The van der Waals surface area contributed by atoms with E-state index >= 15 is 0 Å². The molecular weight excluding hydrogens is 420 g/mol. The topological polar surface area (TPSA) is 82.1 Å². The molecule has 7 nitrogen and oxygen atoms in total. The maximum atomic E-state index is 12.8. The number of fused-ring (bicyclic) bond motifs is 1. The average molecular weight is 439 g/mol. The zero-order chi connectivity index (χ0) is 19.7. The summed E-state index contributed by atoms with van der Waals surface area (Å²) < 4.78 is 27.5. The third-order valence-electron chi connectivity index (χ3n) is 4.66. The molecule has 1 amide bonds. The van der Waals surface area contributed by atoms with Gasteiger partial charge in [-0.15, -0.1) is 4.40 Å². The van der Waals surface area contributed by atoms with Crippen molar-refractivity contribution >= 4 is 56.5 Å². The normalized spacial score (nSPS) is 20.9. The van der Waals surface area contributed by atoms with E-state index in [0.717, 1.165) is 30.3 Å². The van der Waals surface area contributed by atoms with Crippen LogP contribution in [-0.2, 0) is 14.8 Å². The van der Waals surface area contributed by atoms with Gasteiger partial charge in [0.2, 0.25) is 0 Å². The molecule has 0 spiro atoms. The van der Waals surface area contributed by atoms with E-state index in [0.29, 0.717) is 10.7 Å². The summed E-state index contributed by atoms with van der Waals surface area (Å²) in [5.74, 6) is 1.79. The second kappa shape index (κ2) is 7.81. The molecule has 0 unspecified atom stereocenters. The first-order chi connectivity index (χ1) is 13.4. The molecule has 0 aromatic heterocycles. The lowest BCUT2D eigenvalue weighted by atomic mass is 10.1. The molecule has 0 radical (unpaired) electrons. The number of anilines is 2. The van der Waals surface area contributed by atoms with Gasteiger partial charge < -0.3 is 15.1 Å². The van der Waals surface area contributed by atoms with Crippen molar-refractivity contribution in [1.82, 2.24) is 4.90 Å². The first-order valence-electron chi connectivity index (χ1n) is 8.85. The first kappa shape index (κ1) is 19.4. The zero-order valence-electron chi connectivity index (χ0n) is 15.0. The Morgan fingerprint density at radius 3 is 2.75 bits per heavy atom. The molecule has 3 aliphatic rings. The third kappa shape index (κ3) is 4.06. The summed E-state index contributed by atoms with van der Waals surface area (Å²) >= 11 is 8.37. The first-order valence-corrected chi connectivity index (χ1v) is 12.0. The van der Waals surface area contributed by atoms with Gasteiger partial charge in [-0.3, -0.25) is 4.79 Å². The summed E-state index contributed by atoms with van der Waals surface area (Å²) in [7, 11) is -3.55. The Morgan fingerprint density at radius 2 is 2.00 bits per heavy atom. The number of amidine groups is 1. The molecule has 0 atom stereocenters. The van der Waals surface area contributed by atoms with Gasteiger partial charge >= 0.3 is 0 Å². The van der Waals surface area contributed by atoms with Crippen LogP contribution in [-0.4, -0.2) is 62.0 Å². The Kier molecular flexibility index (Phi) is 5.39. The molecule has 0 saturated carbocycles. The fraction of sp³-hybridized carbons (Fsp3) is 0.333. The highest BCUT2D eigenvalue weighted by atomic mass is 35.5. The van der Waals surface area contributed by atoms with E-state index < -0.39 is 15.9 Å². The van der Waals surface area contributed by atoms with E-state index in [2.05, 4.69) is 14.6 Å². The fourth-order valence-corrected chi connectivity index (χ4v) is 5.43. The van der Waals surface area contributed by atoms with Crippen LogP contribution < -0.4 is 10.2 Å². The minimum atomic E-state index is -3.55. The monoisotopic (exact) mass is 438 g/mol. The van der Waals surface area contributed by atoms with E-state index in [9.17, 15) is 13.2 Å². The van der Waals surface area contributed by atoms with Gasteiger partial charge in [0, 0.05) is 43.0 Å². The fourth-order valence-electron chi connectivity index (χ4n) is 3.24. The van der Waals surface area contributed by atoms with E-state index in [4.69, 9.17) is 11.6 Å². The van der Waals surface area contributed by atoms with Crippen molar-refractivity contribution in [3.8, 4) is 0 Å². The number of nitrogens with one attached hydrogen (secondary N) is 1. The Balaban J connectivity index is 1.53. The Bertz CT molecular complexity index is 998. The third-order valence-corrected chi connectivity index (χ3v) is 7.05. The summed E-state index contributed by atoms with van der Waals surface area (Å²) in [5, 5.41) is 3.36. The largest absolute Gasteiger partial charge is 0.369 e. The van der Waals surface area contributed by atoms with E-state index in [-0.39, 0.29) is 23.7 Å². The Morgan fingerprint density at radius 1 is 1.21 bits per heavy atom. The van der Waals surface area contributed by atoms with Crippen molar-refractivity contribution in [1.29, 1.82) is 0 Å². The molecule has 1 N–H and O–H groups in total. The number of sulfonamides is 1. The van der Waals surface area contributed by atoms with Crippen molar-refractivity contribution in [3.63, 3.8) is 0 Å². The van der Waals surface area contributed by atoms with E-state index in [1.165, 1.54) is 0 Å². The summed E-state index contributed by atoms with van der Waals surface area (Å²) in [6, 6.07) is 5.42. The van der Waals surface area contributed by atoms with Gasteiger partial charge in [0.15, 0.2) is 5.84 Å². The maximum absolute atomic E-state index is 12.8. The highest BCUT2D eigenvalue weighted by molar-refractivity contribution is 7.99. The zero-order valence-corrected chi connectivity index (χ0v) is 17.4. The number of amides is 1. The van der Waals surface area contributed by atoms with Crippen LogP contribution in [0.1, 0.15) is 0 Å². The number of carbonyl (C=O) groups excluding carboxylic acids is 1. The maximum Gasteiger partial charge on any atom is 0.259 e. The van der Waals surface area contributed by atoms with Crippen molar-refractivity contribution in [2.24, 2.45) is 4.40 Å². The molecule has 28 heavy (non-hydrogen) atoms. The molecular formula is C18H19ClN4O3S2. The minimum absolute atomic E-state index is 0.0676. The number of hydrogen-bond acceptors (Lipinski definition) is 6. The molecule has 3 heterocycles. The number of thioether (sulfide) groups is 1. The van der Waals surface area contributed by atoms with Gasteiger partial charge in [-0.05, 0) is 30.4 Å². The average Bonchev–Trinajstić information content (AvgIpc) is 2.67. The summed E-state index contributed by atoms with van der Waals surface area (Å²) in [5.41, 5.74) is 1.71. The van der Waals surface area contributed by atoms with Crippen LogP contribution in [0.15, 0.2) is 46.5 Å². The van der Waals surface area contributed by atoms with Gasteiger partial charge in [0.05, 0.1) is 22.0 Å². The molecule has 1 aromatic rings. The predicted octanol–water partition coefficient (Wildman–Crippen LogP) is 2.33. The van der Waals surface area contributed by atoms with E-state index in [1.807, 2.05) is 17.8 Å². The lowest BCUT2D eigenvalue weighted by Crippen LogP contribution is -2.40. The number of hydrogen-bond donors (Lipinski definition) is 1. The highest BCUT2D eigenvalue weighted by Crippen LogP contribution is 2.31. The number of rotatable bonds is 3. The molecule has 1 aromatic carbocycles. The van der Waals surface area contributed by atoms with Crippen LogP contribution in [0, 0.1) is 0 Å². The summed E-state index contributed by atoms with van der Waals surface area (Å²) in [4.78, 5) is 16.7. The van der Waals surface area contributed by atoms with Gasteiger partial charge in [-0.25, -0.2) is 8.42 Å². The molecule has 3 aliphatic heterocycles. The van der Waals surface area contributed by atoms with Gasteiger partial charge in [-0.2, -0.15) is 11.8 Å². The SMILES string of the molecule is O=C(Nc1ccc(N2CCSCC2)c(Cl)c1)C1=CC=CN2CCS(=O)(=O)N=C12. The van der Waals surface area contributed by atoms with Crippen molar-refractivity contribution in [3.05, 3.63) is 47.1 Å². The second-order valence-corrected chi connectivity index (χ2v) is 9.92. The van der Waals surface area contributed by atoms with Crippen LogP contribution in [0.5, 0.6) is 0 Å². The van der Waals surface area contributed by atoms with Gasteiger partial charge in [-0.1, -0.05) is 11.6 Å². The molecule has 10 heteroatoms. The van der Waals surface area contributed by atoms with Crippen LogP contribution in [0.4, 0.5) is 11.4 Å². The smallest absolute Gasteiger partial charge is 0.259 e. The van der Waals surface area contributed by atoms with Crippen LogP contribution >= 0.6 is 23.4 Å². The number of benzene rings is 1. The van der Waals surface area contributed by atoms with Crippen molar-refractivity contribution in [2.45, 2.75) is 0 Å². The summed E-state index contributed by atoms with van der Waals surface area (Å²) in [6.07, 6.45) is 4.98. The van der Waals surface area contributed by atoms with Gasteiger partial charge in [0.1, 0.15) is 0 Å². The van der Waals surface area contributed by atoms with E-state index in [1.54, 1.807) is 35.4 Å². The molecule has 148 valence electrons. The lowest BCUT2D eigenvalue weighted by molar-refractivity contribution is -0.112. The Labute approximate surface area is 173 Å². The predicted molar refractivity (Wildman–Crippen MR) is 115 cm³/mol. The van der Waals surface area contributed by atoms with Crippen LogP contribution in [0.2, 0.25) is 5.02 Å². The van der Waals surface area contributed by atoms with Crippen molar-refractivity contribution in [2.75, 3.05) is 47.1 Å². The number of allylic oxidation sites excluding steroid dienone is 2. The molecule has 1 saturated heterocycles. The standard InChI is InChI=1S/C18H19ClN4O3S2/c19-15-12-13(3-4-16(15)22-6-9-27-10-7-22)20-18(24)14-2-1-5-23-8-11-28(25,26)21-17(14)23/h1-5,12H,6-11H2,(H,20,24).